The van der Waals surface area contributed by atoms with Crippen LogP contribution in [0.25, 0.3) is 39.6 Å². The molecule has 4 nitrogen and oxygen atoms in total. The molecule has 0 bridgehead atoms. The predicted molar refractivity (Wildman–Crippen MR) is 141 cm³/mol. The Balaban J connectivity index is 1.76. The van der Waals surface area contributed by atoms with E-state index in [-0.39, 0.29) is 5.56 Å². The molecule has 3 aromatic carbocycles. The lowest BCUT2D eigenvalue weighted by Gasteiger charge is -2.12. The summed E-state index contributed by atoms with van der Waals surface area (Å²) in [6, 6.07) is 22.1. The molecule has 0 N–H and O–H groups in total. The second-order valence-corrected chi connectivity index (χ2v) is 9.26. The SMILES string of the molecule is Cc1ccc(-n2c(C=Cc3c(C)n(C)c4ccccc34)nc3ccc(I)cc3c2=O)cc1. The fourth-order valence-electron chi connectivity index (χ4n) is 4.15. The average Bonchev–Trinajstić information content (AvgIpc) is 3.04. The summed E-state index contributed by atoms with van der Waals surface area (Å²) in [5.41, 5.74) is 6.08. The molecule has 0 aliphatic carbocycles. The Bertz CT molecular complexity index is 1570. The Morgan fingerprint density at radius 2 is 1.66 bits per heavy atom. The molecule has 32 heavy (non-hydrogen) atoms. The van der Waals surface area contributed by atoms with Gasteiger partial charge in [-0.05, 0) is 85.0 Å². The van der Waals surface area contributed by atoms with Crippen molar-refractivity contribution < 1.29 is 0 Å². The van der Waals surface area contributed by atoms with Crippen LogP contribution in [0.4, 0.5) is 0 Å². The first-order valence-electron chi connectivity index (χ1n) is 10.5. The van der Waals surface area contributed by atoms with Gasteiger partial charge in [-0.3, -0.25) is 9.36 Å². The van der Waals surface area contributed by atoms with Gasteiger partial charge in [-0.15, -0.1) is 0 Å². The Labute approximate surface area is 200 Å². The van der Waals surface area contributed by atoms with Gasteiger partial charge in [-0.1, -0.05) is 35.9 Å². The maximum absolute atomic E-state index is 13.6. The molecule has 2 heterocycles. The smallest absolute Gasteiger partial charge is 0.266 e. The molecule has 158 valence electrons. The summed E-state index contributed by atoms with van der Waals surface area (Å²) in [4.78, 5) is 18.4. The van der Waals surface area contributed by atoms with Crippen molar-refractivity contribution in [1.82, 2.24) is 14.1 Å². The third-order valence-electron chi connectivity index (χ3n) is 6.00. The highest BCUT2D eigenvalue weighted by Crippen LogP contribution is 2.27. The summed E-state index contributed by atoms with van der Waals surface area (Å²) < 4.78 is 4.91. The van der Waals surface area contributed by atoms with Crippen LogP contribution < -0.4 is 5.56 Å². The zero-order valence-corrected chi connectivity index (χ0v) is 20.3. The van der Waals surface area contributed by atoms with Crippen molar-refractivity contribution in [1.29, 1.82) is 0 Å². The average molecular weight is 531 g/mol. The minimum atomic E-state index is -0.0633. The second kappa shape index (κ2) is 8.06. The maximum atomic E-state index is 13.6. The number of hydrogen-bond donors (Lipinski definition) is 0. The molecule has 0 saturated carbocycles. The van der Waals surface area contributed by atoms with Crippen LogP contribution in [0.3, 0.4) is 0 Å². The minimum absolute atomic E-state index is 0.0633. The summed E-state index contributed by atoms with van der Waals surface area (Å²) in [6.45, 7) is 4.15. The van der Waals surface area contributed by atoms with Crippen LogP contribution in [0.1, 0.15) is 22.6 Å². The van der Waals surface area contributed by atoms with Gasteiger partial charge in [0.05, 0.1) is 16.6 Å². The summed E-state index contributed by atoms with van der Waals surface area (Å²) in [5.74, 6) is 0.611. The Kier molecular flexibility index (Phi) is 5.21. The third-order valence-corrected chi connectivity index (χ3v) is 6.67. The molecule has 0 aliphatic heterocycles. The van der Waals surface area contributed by atoms with Crippen LogP contribution in [0.2, 0.25) is 0 Å². The van der Waals surface area contributed by atoms with Crippen molar-refractivity contribution in [3.05, 3.63) is 103 Å². The molecule has 0 atom stereocenters. The van der Waals surface area contributed by atoms with Gasteiger partial charge in [0.25, 0.3) is 5.56 Å². The third kappa shape index (κ3) is 3.46. The van der Waals surface area contributed by atoms with Crippen molar-refractivity contribution in [2.75, 3.05) is 0 Å². The number of benzene rings is 3. The van der Waals surface area contributed by atoms with Crippen LogP contribution >= 0.6 is 22.6 Å². The van der Waals surface area contributed by atoms with Gasteiger partial charge in [0.2, 0.25) is 0 Å². The molecule has 0 amide bonds. The highest BCUT2D eigenvalue weighted by atomic mass is 127. The van der Waals surface area contributed by atoms with Crippen LogP contribution in [-0.2, 0) is 7.05 Å². The van der Waals surface area contributed by atoms with E-state index >= 15 is 0 Å². The number of halogens is 1. The Morgan fingerprint density at radius 1 is 0.906 bits per heavy atom. The normalized spacial score (nSPS) is 11.8. The number of hydrogen-bond acceptors (Lipinski definition) is 2. The van der Waals surface area contributed by atoms with Crippen molar-refractivity contribution in [3.63, 3.8) is 0 Å². The molecular formula is C27H22IN3O. The van der Waals surface area contributed by atoms with E-state index in [1.54, 1.807) is 4.57 Å². The minimum Gasteiger partial charge on any atom is -0.347 e. The maximum Gasteiger partial charge on any atom is 0.266 e. The first-order chi connectivity index (χ1) is 15.4. The van der Waals surface area contributed by atoms with E-state index in [4.69, 9.17) is 4.98 Å². The van der Waals surface area contributed by atoms with Crippen molar-refractivity contribution in [2.45, 2.75) is 13.8 Å². The van der Waals surface area contributed by atoms with E-state index in [0.717, 1.165) is 20.4 Å². The molecule has 5 rings (SSSR count). The number of rotatable bonds is 3. The molecule has 2 aromatic heterocycles. The van der Waals surface area contributed by atoms with Gasteiger partial charge in [0.1, 0.15) is 5.82 Å². The molecule has 5 heteroatoms. The lowest BCUT2D eigenvalue weighted by Crippen LogP contribution is -2.22. The Hall–Kier alpha value is -3.19. The van der Waals surface area contributed by atoms with Gasteiger partial charge in [-0.25, -0.2) is 4.98 Å². The Morgan fingerprint density at radius 3 is 2.44 bits per heavy atom. The fraction of sp³-hybridized carbons (Fsp3) is 0.111. The molecule has 0 radical (unpaired) electrons. The monoisotopic (exact) mass is 531 g/mol. The second-order valence-electron chi connectivity index (χ2n) is 8.02. The van der Waals surface area contributed by atoms with Gasteiger partial charge in [0.15, 0.2) is 0 Å². The first kappa shape index (κ1) is 20.7. The lowest BCUT2D eigenvalue weighted by atomic mass is 10.1. The standard InChI is InChI=1S/C27H22IN3O/c1-17-8-11-20(12-9-17)31-26(29-24-14-10-19(28)16-23(24)27(31)32)15-13-21-18(2)30(3)25-7-5-4-6-22(21)25/h4-16H,1-3H3. The van der Waals surface area contributed by atoms with Gasteiger partial charge >= 0.3 is 0 Å². The first-order valence-corrected chi connectivity index (χ1v) is 11.5. The molecular weight excluding hydrogens is 509 g/mol. The molecule has 0 saturated heterocycles. The molecule has 5 aromatic rings. The summed E-state index contributed by atoms with van der Waals surface area (Å²) in [5, 5.41) is 1.80. The number of fused-ring (bicyclic) bond motifs is 2. The van der Waals surface area contributed by atoms with E-state index < -0.39 is 0 Å². The summed E-state index contributed by atoms with van der Waals surface area (Å²) in [6.07, 6.45) is 4.02. The zero-order chi connectivity index (χ0) is 22.4. The number of nitrogens with zero attached hydrogens (tertiary/aromatic N) is 3. The van der Waals surface area contributed by atoms with E-state index in [1.807, 2.05) is 55.5 Å². The number of aryl methyl sites for hydroxylation is 2. The van der Waals surface area contributed by atoms with Crippen LogP contribution in [0.5, 0.6) is 0 Å². The van der Waals surface area contributed by atoms with E-state index in [1.165, 1.54) is 16.6 Å². The van der Waals surface area contributed by atoms with Crippen LogP contribution in [-0.4, -0.2) is 14.1 Å². The van der Waals surface area contributed by atoms with Crippen LogP contribution in [0.15, 0.2) is 71.5 Å². The fourth-order valence-corrected chi connectivity index (χ4v) is 4.64. The van der Waals surface area contributed by atoms with Gasteiger partial charge < -0.3 is 4.57 Å². The quantitative estimate of drug-likeness (QED) is 0.258. The van der Waals surface area contributed by atoms with Gasteiger partial charge in [0, 0.05) is 32.8 Å². The number of para-hydroxylation sites is 1. The largest absolute Gasteiger partial charge is 0.347 e. The van der Waals surface area contributed by atoms with Crippen molar-refractivity contribution in [3.8, 4) is 5.69 Å². The molecule has 0 spiro atoms. The van der Waals surface area contributed by atoms with E-state index in [0.29, 0.717) is 16.7 Å². The van der Waals surface area contributed by atoms with Crippen LogP contribution in [0, 0.1) is 17.4 Å². The molecule has 0 fully saturated rings. The van der Waals surface area contributed by atoms with Crippen molar-refractivity contribution in [2.24, 2.45) is 7.05 Å². The van der Waals surface area contributed by atoms with Crippen molar-refractivity contribution >= 4 is 56.5 Å². The highest BCUT2D eigenvalue weighted by molar-refractivity contribution is 14.1. The predicted octanol–water partition coefficient (Wildman–Crippen LogP) is 6.27. The summed E-state index contributed by atoms with van der Waals surface area (Å²) in [7, 11) is 2.08. The highest BCUT2D eigenvalue weighted by Gasteiger charge is 2.13. The number of aromatic nitrogens is 3. The van der Waals surface area contributed by atoms with E-state index in [9.17, 15) is 4.79 Å². The topological polar surface area (TPSA) is 39.8 Å². The lowest BCUT2D eigenvalue weighted by molar-refractivity contribution is 0.916. The molecule has 0 unspecified atom stereocenters. The van der Waals surface area contributed by atoms with Gasteiger partial charge in [-0.2, -0.15) is 0 Å². The molecule has 0 aliphatic rings. The van der Waals surface area contributed by atoms with E-state index in [2.05, 4.69) is 71.5 Å². The summed E-state index contributed by atoms with van der Waals surface area (Å²) >= 11 is 2.23. The zero-order valence-electron chi connectivity index (χ0n) is 18.1.